The van der Waals surface area contributed by atoms with Gasteiger partial charge in [0, 0.05) is 35.3 Å². The highest BCUT2D eigenvalue weighted by Gasteiger charge is 2.30. The summed E-state index contributed by atoms with van der Waals surface area (Å²) in [5.41, 5.74) is 0.889. The number of nitrogens with zero attached hydrogens (tertiary/aromatic N) is 1. The average Bonchev–Trinajstić information content (AvgIpc) is 2.56. The number of ether oxygens (including phenoxy) is 2. The van der Waals surface area contributed by atoms with Crippen molar-refractivity contribution in [2.24, 2.45) is 0 Å². The van der Waals surface area contributed by atoms with Gasteiger partial charge in [-0.3, -0.25) is 4.90 Å². The first-order valence-electron chi connectivity index (χ1n) is 8.44. The van der Waals surface area contributed by atoms with Gasteiger partial charge in [-0.1, -0.05) is 49.0 Å². The van der Waals surface area contributed by atoms with Crippen LogP contribution in [0.25, 0.3) is 0 Å². The Labute approximate surface area is 149 Å². The van der Waals surface area contributed by atoms with Gasteiger partial charge in [0.25, 0.3) is 0 Å². The van der Waals surface area contributed by atoms with Gasteiger partial charge < -0.3 is 9.47 Å². The second-order valence-corrected chi connectivity index (χ2v) is 6.84. The number of rotatable bonds is 8. The van der Waals surface area contributed by atoms with Crippen molar-refractivity contribution in [1.29, 1.82) is 0 Å². The molecule has 0 radical (unpaired) electrons. The third kappa shape index (κ3) is 5.33. The first-order chi connectivity index (χ1) is 11.2. The van der Waals surface area contributed by atoms with E-state index in [-0.39, 0.29) is 6.10 Å². The number of methoxy groups -OCH3 is 1. The second kappa shape index (κ2) is 9.85. The van der Waals surface area contributed by atoms with Crippen LogP contribution in [0.15, 0.2) is 18.2 Å². The first-order valence-corrected chi connectivity index (χ1v) is 9.20. The zero-order chi connectivity index (χ0) is 16.7. The van der Waals surface area contributed by atoms with Gasteiger partial charge in [0.05, 0.1) is 19.3 Å². The fourth-order valence-corrected chi connectivity index (χ4v) is 3.82. The van der Waals surface area contributed by atoms with Gasteiger partial charge in [0.2, 0.25) is 0 Å². The highest BCUT2D eigenvalue weighted by Crippen LogP contribution is 2.29. The van der Waals surface area contributed by atoms with Crippen LogP contribution >= 0.6 is 23.2 Å². The van der Waals surface area contributed by atoms with Crippen molar-refractivity contribution in [3.8, 4) is 0 Å². The van der Waals surface area contributed by atoms with Crippen LogP contribution in [0.4, 0.5) is 0 Å². The summed E-state index contributed by atoms with van der Waals surface area (Å²) >= 11 is 12.5. The lowest BCUT2D eigenvalue weighted by atomic mass is 9.91. The molecule has 3 nitrogen and oxygen atoms in total. The molecule has 130 valence electrons. The molecule has 0 spiro atoms. The van der Waals surface area contributed by atoms with E-state index in [1.807, 2.05) is 18.2 Å². The number of hydrogen-bond donors (Lipinski definition) is 0. The number of halogens is 2. The molecule has 23 heavy (non-hydrogen) atoms. The van der Waals surface area contributed by atoms with Crippen LogP contribution in [0.2, 0.25) is 10.0 Å². The van der Waals surface area contributed by atoms with Crippen LogP contribution in [-0.2, 0) is 16.1 Å². The minimum Gasteiger partial charge on any atom is -0.383 e. The van der Waals surface area contributed by atoms with E-state index < -0.39 is 0 Å². The monoisotopic (exact) mass is 359 g/mol. The Morgan fingerprint density at radius 2 is 1.87 bits per heavy atom. The molecule has 2 atom stereocenters. The van der Waals surface area contributed by atoms with E-state index >= 15 is 0 Å². The zero-order valence-electron chi connectivity index (χ0n) is 14.1. The Kier molecular flexibility index (Phi) is 8.14. The molecule has 1 saturated carbocycles. The molecule has 5 heteroatoms. The van der Waals surface area contributed by atoms with Crippen LogP contribution in [-0.4, -0.2) is 43.9 Å². The van der Waals surface area contributed by atoms with Gasteiger partial charge in [0.1, 0.15) is 0 Å². The summed E-state index contributed by atoms with van der Waals surface area (Å²) in [7, 11) is 1.75. The summed E-state index contributed by atoms with van der Waals surface area (Å²) in [4.78, 5) is 2.47. The smallest absolute Gasteiger partial charge is 0.0750 e. The minimum atomic E-state index is 0.230. The van der Waals surface area contributed by atoms with E-state index in [4.69, 9.17) is 32.7 Å². The quantitative estimate of drug-likeness (QED) is 0.665. The predicted molar refractivity (Wildman–Crippen MR) is 96.4 cm³/mol. The standard InChI is InChI=1S/C18H27Cl2NO2/c1-3-21(11-12-22-2)17-9-4-5-10-18(17)23-13-14-15(19)7-6-8-16(14)20/h6-8,17-18H,3-5,9-13H2,1-2H3/t17-,18?/m1/s1. The van der Waals surface area contributed by atoms with E-state index in [2.05, 4.69) is 11.8 Å². The highest BCUT2D eigenvalue weighted by atomic mass is 35.5. The van der Waals surface area contributed by atoms with Gasteiger partial charge in [-0.2, -0.15) is 0 Å². The van der Waals surface area contributed by atoms with E-state index in [9.17, 15) is 0 Å². The SMILES string of the molecule is CCN(CCOC)[C@@H]1CCCCC1OCc1c(Cl)cccc1Cl. The molecule has 1 unspecified atom stereocenters. The van der Waals surface area contributed by atoms with Crippen LogP contribution in [0.5, 0.6) is 0 Å². The number of hydrogen-bond acceptors (Lipinski definition) is 3. The molecule has 1 aromatic carbocycles. The molecule has 0 N–H and O–H groups in total. The van der Waals surface area contributed by atoms with Crippen LogP contribution in [0.3, 0.4) is 0 Å². The van der Waals surface area contributed by atoms with Gasteiger partial charge in [-0.05, 0) is 31.5 Å². The molecule has 0 saturated heterocycles. The zero-order valence-corrected chi connectivity index (χ0v) is 15.6. The lowest BCUT2D eigenvalue weighted by molar-refractivity contribution is -0.0476. The Hall–Kier alpha value is -0.320. The minimum absolute atomic E-state index is 0.230. The van der Waals surface area contributed by atoms with Gasteiger partial charge in [0.15, 0.2) is 0 Å². The fourth-order valence-electron chi connectivity index (χ4n) is 3.32. The van der Waals surface area contributed by atoms with Crippen molar-refractivity contribution in [3.63, 3.8) is 0 Å². The molecule has 1 aliphatic carbocycles. The maximum absolute atomic E-state index is 6.25. The number of benzene rings is 1. The van der Waals surface area contributed by atoms with Gasteiger partial charge in [-0.25, -0.2) is 0 Å². The maximum atomic E-state index is 6.25. The molecular weight excluding hydrogens is 333 g/mol. The molecule has 0 aromatic heterocycles. The van der Waals surface area contributed by atoms with Crippen molar-refractivity contribution in [3.05, 3.63) is 33.8 Å². The van der Waals surface area contributed by atoms with Crippen molar-refractivity contribution < 1.29 is 9.47 Å². The van der Waals surface area contributed by atoms with Crippen molar-refractivity contribution in [1.82, 2.24) is 4.90 Å². The number of likely N-dealkylation sites (N-methyl/N-ethyl adjacent to an activating group) is 1. The van der Waals surface area contributed by atoms with Crippen molar-refractivity contribution in [2.45, 2.75) is 51.4 Å². The molecule has 1 aliphatic rings. The first kappa shape index (κ1) is 19.0. The molecule has 0 heterocycles. The molecule has 0 aliphatic heterocycles. The second-order valence-electron chi connectivity index (χ2n) is 6.02. The Morgan fingerprint density at radius 3 is 2.52 bits per heavy atom. The van der Waals surface area contributed by atoms with Crippen molar-refractivity contribution in [2.75, 3.05) is 26.8 Å². The largest absolute Gasteiger partial charge is 0.383 e. The Bertz CT molecular complexity index is 464. The summed E-state index contributed by atoms with van der Waals surface area (Å²) in [5.74, 6) is 0. The van der Waals surface area contributed by atoms with E-state index in [0.717, 1.165) is 31.7 Å². The fraction of sp³-hybridized carbons (Fsp3) is 0.667. The average molecular weight is 360 g/mol. The van der Waals surface area contributed by atoms with Crippen molar-refractivity contribution >= 4 is 23.2 Å². The molecular formula is C18H27Cl2NO2. The lowest BCUT2D eigenvalue weighted by Crippen LogP contribution is -2.47. The lowest BCUT2D eigenvalue weighted by Gasteiger charge is -2.39. The molecule has 0 amide bonds. The van der Waals surface area contributed by atoms with Gasteiger partial charge >= 0.3 is 0 Å². The van der Waals surface area contributed by atoms with E-state index in [1.165, 1.54) is 19.3 Å². The van der Waals surface area contributed by atoms with Crippen LogP contribution < -0.4 is 0 Å². The molecule has 0 bridgehead atoms. The van der Waals surface area contributed by atoms with Crippen LogP contribution in [0, 0.1) is 0 Å². The normalized spacial score (nSPS) is 21.8. The third-order valence-corrected chi connectivity index (χ3v) is 5.34. The molecule has 1 aromatic rings. The Morgan fingerprint density at radius 1 is 1.17 bits per heavy atom. The summed E-state index contributed by atoms with van der Waals surface area (Å²) < 4.78 is 11.5. The predicted octanol–water partition coefficient (Wildman–Crippen LogP) is 4.79. The topological polar surface area (TPSA) is 21.7 Å². The van der Waals surface area contributed by atoms with Crippen LogP contribution in [0.1, 0.15) is 38.2 Å². The van der Waals surface area contributed by atoms with Gasteiger partial charge in [-0.15, -0.1) is 0 Å². The van der Waals surface area contributed by atoms with E-state index in [1.54, 1.807) is 7.11 Å². The summed E-state index contributed by atoms with van der Waals surface area (Å²) in [6.45, 7) is 5.40. The summed E-state index contributed by atoms with van der Waals surface area (Å²) in [6.07, 6.45) is 4.99. The van der Waals surface area contributed by atoms with E-state index in [0.29, 0.717) is 22.7 Å². The molecule has 2 rings (SSSR count). The highest BCUT2D eigenvalue weighted by molar-refractivity contribution is 6.35. The summed E-state index contributed by atoms with van der Waals surface area (Å²) in [5, 5.41) is 1.35. The third-order valence-electron chi connectivity index (χ3n) is 4.63. The summed E-state index contributed by atoms with van der Waals surface area (Å²) in [6, 6.07) is 6.04. The molecule has 1 fully saturated rings. The maximum Gasteiger partial charge on any atom is 0.0750 e. The Balaban J connectivity index is 2.00.